The summed E-state index contributed by atoms with van der Waals surface area (Å²) in [4.78, 5) is 9.53. The predicted molar refractivity (Wildman–Crippen MR) is 92.4 cm³/mol. The van der Waals surface area contributed by atoms with Crippen molar-refractivity contribution in [3.63, 3.8) is 0 Å². The van der Waals surface area contributed by atoms with Crippen molar-refractivity contribution in [2.45, 2.75) is 18.7 Å². The van der Waals surface area contributed by atoms with Gasteiger partial charge in [0.25, 0.3) is 0 Å². The Kier molecular flexibility index (Phi) is 3.35. The summed E-state index contributed by atoms with van der Waals surface area (Å²) in [5.41, 5.74) is 2.99. The van der Waals surface area contributed by atoms with Crippen LogP contribution in [0.1, 0.15) is 22.7 Å². The topological polar surface area (TPSA) is 72.0 Å². The summed E-state index contributed by atoms with van der Waals surface area (Å²) in [5, 5.41) is 6.35. The van der Waals surface area contributed by atoms with Gasteiger partial charge in [0, 0.05) is 0 Å². The molecule has 1 unspecified atom stereocenters. The molecule has 1 N–H and O–H groups in total. The Hall–Kier alpha value is -1.99. The summed E-state index contributed by atoms with van der Waals surface area (Å²) in [6, 6.07) is 7.40. The highest BCUT2D eigenvalue weighted by molar-refractivity contribution is 7.90. The average Bonchev–Trinajstić information content (AvgIpc) is 2.89. The Balaban J connectivity index is 1.80. The first-order valence-corrected chi connectivity index (χ1v) is 9.97. The molecule has 0 saturated heterocycles. The van der Waals surface area contributed by atoms with Gasteiger partial charge in [0.2, 0.25) is 0 Å². The Morgan fingerprint density at radius 1 is 1.26 bits per heavy atom. The molecule has 0 radical (unpaired) electrons. The molecule has 1 aliphatic heterocycles. The van der Waals surface area contributed by atoms with Crippen LogP contribution in [0.5, 0.6) is 0 Å². The van der Waals surface area contributed by atoms with E-state index in [1.165, 1.54) is 6.33 Å². The van der Waals surface area contributed by atoms with Crippen LogP contribution in [0.2, 0.25) is 0 Å². The van der Waals surface area contributed by atoms with E-state index in [1.54, 1.807) is 11.3 Å². The minimum Gasteiger partial charge on any atom is -0.362 e. The number of nitrogens with zero attached hydrogens (tertiary/aromatic N) is 2. The number of thiophene rings is 1. The fourth-order valence-electron chi connectivity index (χ4n) is 3.06. The van der Waals surface area contributed by atoms with Crippen molar-refractivity contribution in [3.8, 4) is 0 Å². The van der Waals surface area contributed by atoms with E-state index in [1.807, 2.05) is 36.6 Å². The number of hydrogen-bond donors (Lipinski definition) is 1. The molecule has 1 aliphatic rings. The number of hydrogen-bond acceptors (Lipinski definition) is 6. The van der Waals surface area contributed by atoms with E-state index in [4.69, 9.17) is 0 Å². The molecule has 118 valence electrons. The van der Waals surface area contributed by atoms with Gasteiger partial charge in [-0.2, -0.15) is 0 Å². The van der Waals surface area contributed by atoms with E-state index < -0.39 is 9.84 Å². The first-order valence-electron chi connectivity index (χ1n) is 7.27. The van der Waals surface area contributed by atoms with Gasteiger partial charge < -0.3 is 5.32 Å². The molecule has 0 spiro atoms. The zero-order chi connectivity index (χ0) is 16.0. The lowest BCUT2D eigenvalue weighted by molar-refractivity contribution is 0.585. The van der Waals surface area contributed by atoms with Crippen molar-refractivity contribution in [1.29, 1.82) is 0 Å². The number of aryl methyl sites for hydroxylation is 1. The highest BCUT2D eigenvalue weighted by Gasteiger charge is 2.30. The van der Waals surface area contributed by atoms with Crippen LogP contribution in [-0.4, -0.2) is 24.1 Å². The molecule has 23 heavy (non-hydrogen) atoms. The lowest BCUT2D eigenvalue weighted by Gasteiger charge is -2.27. The lowest BCUT2D eigenvalue weighted by atomic mass is 10.0. The molecule has 0 fully saturated rings. The SMILES string of the molecule is Cc1csc2ncnc(NC3CS(=O)(=O)Cc4ccccc43)c12. The first kappa shape index (κ1) is 14.6. The van der Waals surface area contributed by atoms with Crippen LogP contribution < -0.4 is 5.32 Å². The Morgan fingerprint density at radius 3 is 2.96 bits per heavy atom. The molecule has 3 heterocycles. The van der Waals surface area contributed by atoms with E-state index in [0.29, 0.717) is 5.82 Å². The minimum absolute atomic E-state index is 0.0820. The standard InChI is InChI=1S/C16H15N3O2S2/c1-10-6-22-16-14(10)15(17-9-18-16)19-13-8-23(20,21)7-11-4-2-3-5-12(11)13/h2-6,9,13H,7-8H2,1H3,(H,17,18,19). The Bertz CT molecular complexity index is 995. The van der Waals surface area contributed by atoms with Crippen LogP contribution >= 0.6 is 11.3 Å². The fraction of sp³-hybridized carbons (Fsp3) is 0.250. The van der Waals surface area contributed by atoms with Crippen LogP contribution in [0.4, 0.5) is 5.82 Å². The normalized spacial score (nSPS) is 19.4. The van der Waals surface area contributed by atoms with Crippen molar-refractivity contribution in [1.82, 2.24) is 9.97 Å². The lowest BCUT2D eigenvalue weighted by Crippen LogP contribution is -2.28. The molecule has 0 aliphatic carbocycles. The van der Waals surface area contributed by atoms with Crippen molar-refractivity contribution >= 4 is 37.2 Å². The maximum atomic E-state index is 12.2. The highest BCUT2D eigenvalue weighted by atomic mass is 32.2. The smallest absolute Gasteiger partial charge is 0.156 e. The van der Waals surface area contributed by atoms with Crippen molar-refractivity contribution in [2.24, 2.45) is 0 Å². The number of rotatable bonds is 2. The van der Waals surface area contributed by atoms with Gasteiger partial charge in [-0.05, 0) is 29.0 Å². The molecule has 1 atom stereocenters. The van der Waals surface area contributed by atoms with Gasteiger partial charge in [-0.1, -0.05) is 24.3 Å². The summed E-state index contributed by atoms with van der Waals surface area (Å²) < 4.78 is 24.4. The van der Waals surface area contributed by atoms with Crippen LogP contribution in [-0.2, 0) is 15.6 Å². The molecule has 2 aromatic heterocycles. The van der Waals surface area contributed by atoms with Crippen LogP contribution in [0.3, 0.4) is 0 Å². The minimum atomic E-state index is -3.12. The zero-order valence-corrected chi connectivity index (χ0v) is 14.1. The summed E-state index contributed by atoms with van der Waals surface area (Å²) >= 11 is 1.57. The first-order chi connectivity index (χ1) is 11.0. The molecule has 0 saturated carbocycles. The van der Waals surface area contributed by atoms with E-state index in [9.17, 15) is 8.42 Å². The Morgan fingerprint density at radius 2 is 2.09 bits per heavy atom. The number of benzene rings is 1. The molecule has 3 aromatic rings. The van der Waals surface area contributed by atoms with E-state index in [0.717, 1.165) is 26.9 Å². The van der Waals surface area contributed by atoms with Crippen molar-refractivity contribution in [3.05, 3.63) is 52.7 Å². The van der Waals surface area contributed by atoms with Gasteiger partial charge in [-0.25, -0.2) is 18.4 Å². The van der Waals surface area contributed by atoms with E-state index >= 15 is 0 Å². The maximum Gasteiger partial charge on any atom is 0.156 e. The largest absolute Gasteiger partial charge is 0.362 e. The summed E-state index contributed by atoms with van der Waals surface area (Å²) in [6.45, 7) is 2.01. The highest BCUT2D eigenvalue weighted by Crippen LogP contribution is 2.34. The molecule has 0 amide bonds. The molecule has 7 heteroatoms. The predicted octanol–water partition coefficient (Wildman–Crippen LogP) is 3.08. The van der Waals surface area contributed by atoms with Crippen molar-refractivity contribution < 1.29 is 8.42 Å². The third kappa shape index (κ3) is 2.60. The van der Waals surface area contributed by atoms with Crippen LogP contribution in [0, 0.1) is 6.92 Å². The molecule has 4 rings (SSSR count). The number of anilines is 1. The molecule has 1 aromatic carbocycles. The summed E-state index contributed by atoms with van der Waals surface area (Å²) in [5.74, 6) is 0.891. The average molecular weight is 345 g/mol. The monoisotopic (exact) mass is 345 g/mol. The van der Waals surface area contributed by atoms with E-state index in [-0.39, 0.29) is 17.5 Å². The second kappa shape index (κ2) is 5.28. The molecular formula is C16H15N3O2S2. The van der Waals surface area contributed by atoms with E-state index in [2.05, 4.69) is 15.3 Å². The molecular weight excluding hydrogens is 330 g/mol. The number of fused-ring (bicyclic) bond motifs is 2. The van der Waals surface area contributed by atoms with Crippen LogP contribution in [0.25, 0.3) is 10.2 Å². The zero-order valence-electron chi connectivity index (χ0n) is 12.5. The van der Waals surface area contributed by atoms with Gasteiger partial charge in [0.15, 0.2) is 9.84 Å². The molecule has 0 bridgehead atoms. The van der Waals surface area contributed by atoms with Gasteiger partial charge in [-0.15, -0.1) is 11.3 Å². The summed E-state index contributed by atoms with van der Waals surface area (Å²) in [6.07, 6.45) is 1.52. The third-order valence-corrected chi connectivity index (χ3v) is 6.69. The van der Waals surface area contributed by atoms with Gasteiger partial charge in [0.1, 0.15) is 17.0 Å². The number of aromatic nitrogens is 2. The second-order valence-corrected chi connectivity index (χ2v) is 8.74. The van der Waals surface area contributed by atoms with Gasteiger partial charge >= 0.3 is 0 Å². The summed E-state index contributed by atoms with van der Waals surface area (Å²) in [7, 11) is -3.12. The molecule has 5 nitrogen and oxygen atoms in total. The number of nitrogens with one attached hydrogen (secondary N) is 1. The van der Waals surface area contributed by atoms with Crippen molar-refractivity contribution in [2.75, 3.05) is 11.1 Å². The van der Waals surface area contributed by atoms with Gasteiger partial charge in [-0.3, -0.25) is 0 Å². The maximum absolute atomic E-state index is 12.2. The second-order valence-electron chi connectivity index (χ2n) is 5.77. The third-order valence-electron chi connectivity index (χ3n) is 4.09. The van der Waals surface area contributed by atoms with Gasteiger partial charge in [0.05, 0.1) is 22.9 Å². The Labute approximate surface area is 138 Å². The quantitative estimate of drug-likeness (QED) is 0.773. The fourth-order valence-corrected chi connectivity index (χ4v) is 5.57. The van der Waals surface area contributed by atoms with Crippen LogP contribution in [0.15, 0.2) is 36.0 Å². The number of sulfone groups is 1.